The Morgan fingerprint density at radius 1 is 1.19 bits per heavy atom. The van der Waals surface area contributed by atoms with Gasteiger partial charge < -0.3 is 9.84 Å². The first kappa shape index (κ1) is 13.6. The molecule has 1 aromatic heterocycles. The zero-order chi connectivity index (χ0) is 15.3. The molecular formula is C14H12N2O4S. The largest absolute Gasteiger partial charge is 0.494 e. The molecule has 0 saturated heterocycles. The smallest absolute Gasteiger partial charge is 0.339 e. The Morgan fingerprint density at radius 3 is 2.57 bits per heavy atom. The number of fused-ring (bicyclic) bond motifs is 1. The molecule has 1 unspecified atom stereocenters. The zero-order valence-corrected chi connectivity index (χ0v) is 12.2. The highest BCUT2D eigenvalue weighted by molar-refractivity contribution is 7.71. The van der Waals surface area contributed by atoms with E-state index in [1.165, 1.54) is 16.2 Å². The van der Waals surface area contributed by atoms with Crippen LogP contribution in [0.15, 0.2) is 29.1 Å². The molecule has 1 aromatic carbocycles. The Labute approximate surface area is 124 Å². The molecule has 1 N–H and O–H groups in total. The third-order valence-corrected chi connectivity index (χ3v) is 4.17. The van der Waals surface area contributed by atoms with E-state index in [0.29, 0.717) is 11.1 Å². The van der Waals surface area contributed by atoms with E-state index >= 15 is 0 Å². The molecule has 0 amide bonds. The summed E-state index contributed by atoms with van der Waals surface area (Å²) in [6, 6.07) is 6.79. The van der Waals surface area contributed by atoms with Crippen LogP contribution >= 0.6 is 12.2 Å². The number of aromatic hydroxyl groups is 1. The predicted octanol–water partition coefficient (Wildman–Crippen LogP) is 1.42. The standard InChI is InChI=1S/C14H12N2O4S/c1-15-11(17)9(12(18)16(2)14(15)21)10-7-5-3-4-6-8(7)13(19)20-10/h3-6,10,17H,1-2H3. The van der Waals surface area contributed by atoms with Crippen molar-refractivity contribution < 1.29 is 14.6 Å². The van der Waals surface area contributed by atoms with Crippen LogP contribution in [0.4, 0.5) is 0 Å². The van der Waals surface area contributed by atoms with Crippen LogP contribution in [0, 0.1) is 4.77 Å². The van der Waals surface area contributed by atoms with E-state index in [1.807, 2.05) is 0 Å². The summed E-state index contributed by atoms with van der Waals surface area (Å²) < 4.78 is 7.99. The molecule has 0 spiro atoms. The van der Waals surface area contributed by atoms with Gasteiger partial charge in [-0.15, -0.1) is 0 Å². The van der Waals surface area contributed by atoms with Gasteiger partial charge in [-0.05, 0) is 18.3 Å². The van der Waals surface area contributed by atoms with Crippen LogP contribution in [-0.4, -0.2) is 20.2 Å². The molecule has 0 saturated carbocycles. The molecule has 2 heterocycles. The minimum atomic E-state index is -0.922. The molecule has 1 aliphatic rings. The fourth-order valence-corrected chi connectivity index (χ4v) is 2.62. The molecule has 0 bridgehead atoms. The molecule has 1 atom stereocenters. The Hall–Kier alpha value is -2.41. The molecule has 21 heavy (non-hydrogen) atoms. The van der Waals surface area contributed by atoms with Crippen LogP contribution < -0.4 is 5.56 Å². The van der Waals surface area contributed by atoms with Crippen molar-refractivity contribution in [3.8, 4) is 5.88 Å². The van der Waals surface area contributed by atoms with Crippen molar-refractivity contribution in [2.75, 3.05) is 0 Å². The van der Waals surface area contributed by atoms with Crippen molar-refractivity contribution in [1.29, 1.82) is 0 Å². The van der Waals surface area contributed by atoms with Gasteiger partial charge in [-0.25, -0.2) is 4.79 Å². The van der Waals surface area contributed by atoms with Gasteiger partial charge in [-0.2, -0.15) is 0 Å². The monoisotopic (exact) mass is 304 g/mol. The van der Waals surface area contributed by atoms with Gasteiger partial charge in [-0.3, -0.25) is 13.9 Å². The number of carbonyl (C=O) groups is 1. The summed E-state index contributed by atoms with van der Waals surface area (Å²) in [7, 11) is 3.06. The molecule has 1 aliphatic heterocycles. The highest BCUT2D eigenvalue weighted by Gasteiger charge is 2.36. The number of hydrogen-bond acceptors (Lipinski definition) is 5. The van der Waals surface area contributed by atoms with E-state index in [0.717, 1.165) is 0 Å². The first-order chi connectivity index (χ1) is 9.93. The van der Waals surface area contributed by atoms with E-state index in [2.05, 4.69) is 0 Å². The van der Waals surface area contributed by atoms with Crippen LogP contribution in [0.25, 0.3) is 0 Å². The second-order valence-electron chi connectivity index (χ2n) is 4.82. The van der Waals surface area contributed by atoms with Crippen molar-refractivity contribution in [3.05, 3.63) is 56.1 Å². The number of nitrogens with zero attached hydrogens (tertiary/aromatic N) is 2. The summed E-state index contributed by atoms with van der Waals surface area (Å²) in [4.78, 5) is 24.3. The average molecular weight is 304 g/mol. The van der Waals surface area contributed by atoms with Crippen molar-refractivity contribution in [2.45, 2.75) is 6.10 Å². The van der Waals surface area contributed by atoms with Gasteiger partial charge in [0.2, 0.25) is 5.88 Å². The van der Waals surface area contributed by atoms with Gasteiger partial charge >= 0.3 is 5.97 Å². The predicted molar refractivity (Wildman–Crippen MR) is 76.9 cm³/mol. The molecule has 0 fully saturated rings. The lowest BCUT2D eigenvalue weighted by molar-refractivity contribution is 0.0448. The van der Waals surface area contributed by atoms with E-state index in [-0.39, 0.29) is 16.2 Å². The van der Waals surface area contributed by atoms with Gasteiger partial charge in [-0.1, -0.05) is 18.2 Å². The van der Waals surface area contributed by atoms with Gasteiger partial charge in [0.05, 0.1) is 5.56 Å². The number of ether oxygens (including phenoxy) is 1. The maximum absolute atomic E-state index is 12.4. The summed E-state index contributed by atoms with van der Waals surface area (Å²) in [5.41, 5.74) is 0.484. The second-order valence-corrected chi connectivity index (χ2v) is 5.18. The van der Waals surface area contributed by atoms with Gasteiger partial charge in [0, 0.05) is 19.7 Å². The summed E-state index contributed by atoms with van der Waals surface area (Å²) in [5.74, 6) is -0.806. The van der Waals surface area contributed by atoms with E-state index in [1.54, 1.807) is 31.3 Å². The maximum Gasteiger partial charge on any atom is 0.339 e. The van der Waals surface area contributed by atoms with E-state index in [9.17, 15) is 14.7 Å². The number of rotatable bonds is 1. The Morgan fingerprint density at radius 2 is 1.86 bits per heavy atom. The Bertz CT molecular complexity index is 882. The fourth-order valence-electron chi connectivity index (χ4n) is 2.45. The summed E-state index contributed by atoms with van der Waals surface area (Å²) in [5, 5.41) is 10.2. The minimum absolute atomic E-state index is 0.00639. The maximum atomic E-state index is 12.4. The Balaban J connectivity index is 2.32. The number of aromatic nitrogens is 2. The quantitative estimate of drug-likeness (QED) is 0.637. The molecular weight excluding hydrogens is 292 g/mol. The van der Waals surface area contributed by atoms with Crippen LogP contribution in [0.1, 0.15) is 27.6 Å². The van der Waals surface area contributed by atoms with E-state index < -0.39 is 17.6 Å². The van der Waals surface area contributed by atoms with Crippen molar-refractivity contribution in [2.24, 2.45) is 14.1 Å². The minimum Gasteiger partial charge on any atom is -0.494 e. The molecule has 2 aromatic rings. The molecule has 7 heteroatoms. The number of cyclic esters (lactones) is 1. The summed E-state index contributed by atoms with van der Waals surface area (Å²) in [6.45, 7) is 0. The van der Waals surface area contributed by atoms with Gasteiger partial charge in [0.15, 0.2) is 10.9 Å². The second kappa shape index (κ2) is 4.56. The average Bonchev–Trinajstić information content (AvgIpc) is 2.81. The third-order valence-electron chi connectivity index (χ3n) is 3.62. The number of esters is 1. The van der Waals surface area contributed by atoms with E-state index in [4.69, 9.17) is 17.0 Å². The molecule has 0 radical (unpaired) electrons. The van der Waals surface area contributed by atoms with Crippen molar-refractivity contribution in [1.82, 2.24) is 9.13 Å². The van der Waals surface area contributed by atoms with Crippen LogP contribution in [0.3, 0.4) is 0 Å². The highest BCUT2D eigenvalue weighted by Crippen LogP contribution is 2.37. The zero-order valence-electron chi connectivity index (χ0n) is 11.4. The summed E-state index contributed by atoms with van der Waals surface area (Å²) in [6.07, 6.45) is -0.922. The Kier molecular flexibility index (Phi) is 2.94. The summed E-state index contributed by atoms with van der Waals surface area (Å²) >= 11 is 5.06. The lowest BCUT2D eigenvalue weighted by Gasteiger charge is -2.16. The van der Waals surface area contributed by atoms with Crippen molar-refractivity contribution in [3.63, 3.8) is 0 Å². The normalized spacial score (nSPS) is 16.7. The van der Waals surface area contributed by atoms with Crippen LogP contribution in [0.5, 0.6) is 5.88 Å². The van der Waals surface area contributed by atoms with Gasteiger partial charge in [0.1, 0.15) is 5.56 Å². The van der Waals surface area contributed by atoms with Crippen LogP contribution in [0.2, 0.25) is 0 Å². The fraction of sp³-hybridized carbons (Fsp3) is 0.214. The molecule has 108 valence electrons. The molecule has 3 rings (SSSR count). The first-order valence-corrected chi connectivity index (χ1v) is 6.63. The molecule has 0 aliphatic carbocycles. The highest BCUT2D eigenvalue weighted by atomic mass is 32.1. The third kappa shape index (κ3) is 1.81. The topological polar surface area (TPSA) is 73.5 Å². The van der Waals surface area contributed by atoms with Crippen LogP contribution in [-0.2, 0) is 18.8 Å². The van der Waals surface area contributed by atoms with Gasteiger partial charge in [0.25, 0.3) is 5.56 Å². The first-order valence-electron chi connectivity index (χ1n) is 6.22. The van der Waals surface area contributed by atoms with Crippen molar-refractivity contribution >= 4 is 18.2 Å². The number of hydrogen-bond donors (Lipinski definition) is 1. The lowest BCUT2D eigenvalue weighted by atomic mass is 10.0. The number of benzene rings is 1. The SMILES string of the molecule is Cn1c(O)c(C2OC(=O)c3ccccc32)c(=O)n(C)c1=S. The number of carbonyl (C=O) groups excluding carboxylic acids is 1. The lowest BCUT2D eigenvalue weighted by Crippen LogP contribution is -2.27. The molecule has 6 nitrogen and oxygen atoms in total.